The highest BCUT2D eigenvalue weighted by Gasteiger charge is 2.09. The van der Waals surface area contributed by atoms with E-state index in [-0.39, 0.29) is 0 Å². The van der Waals surface area contributed by atoms with Crippen LogP contribution >= 0.6 is 11.6 Å². The number of halogens is 1. The largest absolute Gasteiger partial charge is 0.339 e. The summed E-state index contributed by atoms with van der Waals surface area (Å²) in [7, 11) is 1.98. The minimum atomic E-state index is 0.662. The van der Waals surface area contributed by atoms with Crippen LogP contribution in [0.1, 0.15) is 16.7 Å². The molecular weight excluding hydrogens is 332 g/mol. The Hall–Kier alpha value is -2.59. The van der Waals surface area contributed by atoms with Crippen molar-refractivity contribution >= 4 is 29.1 Å². The van der Waals surface area contributed by atoms with Gasteiger partial charge < -0.3 is 10.2 Å². The Bertz CT molecular complexity index is 842. The van der Waals surface area contributed by atoms with E-state index < -0.39 is 0 Å². The highest BCUT2D eigenvalue weighted by molar-refractivity contribution is 6.33. The lowest BCUT2D eigenvalue weighted by molar-refractivity contribution is 0.868. The topological polar surface area (TPSA) is 41.1 Å². The molecule has 2 aromatic carbocycles. The third-order valence-corrected chi connectivity index (χ3v) is 4.23. The molecule has 0 spiro atoms. The van der Waals surface area contributed by atoms with Crippen LogP contribution in [-0.2, 0) is 6.54 Å². The van der Waals surface area contributed by atoms with Crippen molar-refractivity contribution in [3.8, 4) is 0 Å². The molecule has 0 saturated carbocycles. The van der Waals surface area contributed by atoms with Gasteiger partial charge in [0.2, 0.25) is 5.95 Å². The standard InChI is InChI=1S/C20H21ClN4/c1-14-11-15(2)19(17(21)12-14)23-18-9-10-22-20(24-18)25(3)13-16-7-5-4-6-8-16/h4-12H,13H2,1-3H3,(H,22,23,24). The van der Waals surface area contributed by atoms with Gasteiger partial charge in [0, 0.05) is 19.8 Å². The average molecular weight is 353 g/mol. The van der Waals surface area contributed by atoms with Crippen molar-refractivity contribution in [2.24, 2.45) is 0 Å². The minimum Gasteiger partial charge on any atom is -0.339 e. The molecule has 4 nitrogen and oxygen atoms in total. The number of nitrogens with one attached hydrogen (secondary N) is 1. The van der Waals surface area contributed by atoms with Crippen molar-refractivity contribution in [3.63, 3.8) is 0 Å². The zero-order chi connectivity index (χ0) is 17.8. The van der Waals surface area contributed by atoms with Crippen molar-refractivity contribution in [2.75, 3.05) is 17.3 Å². The Morgan fingerprint density at radius 2 is 1.84 bits per heavy atom. The number of hydrogen-bond acceptors (Lipinski definition) is 4. The summed E-state index contributed by atoms with van der Waals surface area (Å²) in [5.74, 6) is 1.38. The molecule has 0 fully saturated rings. The Morgan fingerprint density at radius 3 is 2.56 bits per heavy atom. The molecular formula is C20H21ClN4. The van der Waals surface area contributed by atoms with E-state index in [1.807, 2.05) is 56.1 Å². The monoisotopic (exact) mass is 352 g/mol. The second-order valence-corrected chi connectivity index (χ2v) is 6.55. The van der Waals surface area contributed by atoms with E-state index in [1.165, 1.54) is 5.56 Å². The van der Waals surface area contributed by atoms with E-state index in [4.69, 9.17) is 11.6 Å². The third kappa shape index (κ3) is 4.28. The molecule has 1 N–H and O–H groups in total. The molecule has 0 radical (unpaired) electrons. The van der Waals surface area contributed by atoms with Crippen LogP contribution in [0, 0.1) is 13.8 Å². The van der Waals surface area contributed by atoms with E-state index in [1.54, 1.807) is 6.20 Å². The van der Waals surface area contributed by atoms with E-state index in [0.29, 0.717) is 11.0 Å². The van der Waals surface area contributed by atoms with Gasteiger partial charge in [-0.3, -0.25) is 0 Å². The molecule has 0 amide bonds. The second kappa shape index (κ2) is 7.53. The lowest BCUT2D eigenvalue weighted by atomic mass is 10.1. The first-order valence-electron chi connectivity index (χ1n) is 8.15. The summed E-state index contributed by atoms with van der Waals surface area (Å²) in [4.78, 5) is 11.0. The molecule has 0 aliphatic heterocycles. The normalized spacial score (nSPS) is 10.6. The van der Waals surface area contributed by atoms with Gasteiger partial charge >= 0.3 is 0 Å². The van der Waals surface area contributed by atoms with Crippen LogP contribution in [0.25, 0.3) is 0 Å². The lowest BCUT2D eigenvalue weighted by Crippen LogP contribution is -2.19. The van der Waals surface area contributed by atoms with E-state index in [0.717, 1.165) is 29.2 Å². The third-order valence-electron chi connectivity index (χ3n) is 3.93. The molecule has 0 aliphatic carbocycles. The van der Waals surface area contributed by atoms with Gasteiger partial charge in [0.25, 0.3) is 0 Å². The van der Waals surface area contributed by atoms with Crippen LogP contribution in [0.2, 0.25) is 5.02 Å². The first-order valence-corrected chi connectivity index (χ1v) is 8.52. The summed E-state index contributed by atoms with van der Waals surface area (Å²) in [5, 5.41) is 4.01. The van der Waals surface area contributed by atoms with Crippen LogP contribution in [-0.4, -0.2) is 17.0 Å². The minimum absolute atomic E-state index is 0.662. The fourth-order valence-electron chi connectivity index (χ4n) is 2.73. The SMILES string of the molecule is Cc1cc(C)c(Nc2ccnc(N(C)Cc3ccccc3)n2)c(Cl)c1. The molecule has 1 aromatic heterocycles. The van der Waals surface area contributed by atoms with E-state index in [2.05, 4.69) is 33.5 Å². The Balaban J connectivity index is 1.80. The molecule has 0 atom stereocenters. The number of anilines is 3. The molecule has 0 aliphatic rings. The lowest BCUT2D eigenvalue weighted by Gasteiger charge is -2.18. The summed E-state index contributed by atoms with van der Waals surface area (Å²) in [6, 6.07) is 16.1. The highest BCUT2D eigenvalue weighted by atomic mass is 35.5. The smallest absolute Gasteiger partial charge is 0.227 e. The van der Waals surface area contributed by atoms with Crippen LogP contribution in [0.3, 0.4) is 0 Å². The number of benzene rings is 2. The van der Waals surface area contributed by atoms with Gasteiger partial charge in [-0.15, -0.1) is 0 Å². The van der Waals surface area contributed by atoms with E-state index >= 15 is 0 Å². The van der Waals surface area contributed by atoms with E-state index in [9.17, 15) is 0 Å². The molecule has 3 aromatic rings. The van der Waals surface area contributed by atoms with Crippen LogP contribution in [0.15, 0.2) is 54.7 Å². The number of hydrogen-bond donors (Lipinski definition) is 1. The molecule has 0 unspecified atom stereocenters. The summed E-state index contributed by atoms with van der Waals surface area (Å²) in [5.41, 5.74) is 4.31. The maximum Gasteiger partial charge on any atom is 0.227 e. The summed E-state index contributed by atoms with van der Waals surface area (Å²) < 4.78 is 0. The average Bonchev–Trinajstić information content (AvgIpc) is 2.59. The van der Waals surface area contributed by atoms with Crippen molar-refractivity contribution in [3.05, 3.63) is 76.4 Å². The first-order chi connectivity index (χ1) is 12.0. The number of rotatable bonds is 5. The van der Waals surface area contributed by atoms with Crippen molar-refractivity contribution in [1.82, 2.24) is 9.97 Å². The summed E-state index contributed by atoms with van der Waals surface area (Å²) in [6.45, 7) is 4.81. The van der Waals surface area contributed by atoms with Gasteiger partial charge in [-0.1, -0.05) is 48.0 Å². The van der Waals surface area contributed by atoms with Gasteiger partial charge in [0.05, 0.1) is 10.7 Å². The Morgan fingerprint density at radius 1 is 1.08 bits per heavy atom. The zero-order valence-corrected chi connectivity index (χ0v) is 15.4. The quantitative estimate of drug-likeness (QED) is 0.691. The van der Waals surface area contributed by atoms with Gasteiger partial charge in [0.1, 0.15) is 5.82 Å². The van der Waals surface area contributed by atoms with Crippen molar-refractivity contribution in [1.29, 1.82) is 0 Å². The summed E-state index contributed by atoms with van der Waals surface area (Å²) in [6.07, 6.45) is 1.75. The molecule has 5 heteroatoms. The van der Waals surface area contributed by atoms with Crippen LogP contribution in [0.5, 0.6) is 0 Å². The predicted molar refractivity (Wildman–Crippen MR) is 105 cm³/mol. The predicted octanol–water partition coefficient (Wildman–Crippen LogP) is 5.13. The fraction of sp³-hybridized carbons (Fsp3) is 0.200. The molecule has 1 heterocycles. The van der Waals surface area contributed by atoms with Crippen molar-refractivity contribution in [2.45, 2.75) is 20.4 Å². The number of aryl methyl sites for hydroxylation is 2. The first kappa shape index (κ1) is 17.2. The number of aromatic nitrogens is 2. The summed E-state index contributed by atoms with van der Waals surface area (Å²) >= 11 is 6.38. The maximum absolute atomic E-state index is 6.38. The molecule has 3 rings (SSSR count). The number of nitrogens with zero attached hydrogens (tertiary/aromatic N) is 3. The molecule has 0 saturated heterocycles. The van der Waals surface area contributed by atoms with Gasteiger partial charge in [-0.05, 0) is 42.7 Å². The Kier molecular flexibility index (Phi) is 5.19. The van der Waals surface area contributed by atoms with Gasteiger partial charge in [-0.2, -0.15) is 4.98 Å². The Labute approximate surface area is 153 Å². The second-order valence-electron chi connectivity index (χ2n) is 6.15. The van der Waals surface area contributed by atoms with Gasteiger partial charge in [0.15, 0.2) is 0 Å². The maximum atomic E-state index is 6.38. The molecule has 128 valence electrons. The molecule has 0 bridgehead atoms. The van der Waals surface area contributed by atoms with Crippen LogP contribution in [0.4, 0.5) is 17.5 Å². The van der Waals surface area contributed by atoms with Gasteiger partial charge in [-0.25, -0.2) is 4.98 Å². The fourth-order valence-corrected chi connectivity index (χ4v) is 3.10. The molecule has 25 heavy (non-hydrogen) atoms. The highest BCUT2D eigenvalue weighted by Crippen LogP contribution is 2.30. The van der Waals surface area contributed by atoms with Crippen molar-refractivity contribution < 1.29 is 0 Å². The van der Waals surface area contributed by atoms with Crippen LogP contribution < -0.4 is 10.2 Å². The zero-order valence-electron chi connectivity index (χ0n) is 14.6.